The molecule has 3 N–H and O–H groups in total. The second-order valence-corrected chi connectivity index (χ2v) is 6.62. The summed E-state index contributed by atoms with van der Waals surface area (Å²) in [4.78, 5) is 24.5. The monoisotopic (exact) mass is 411 g/mol. The van der Waals surface area contributed by atoms with E-state index in [1.807, 2.05) is 0 Å². The molecule has 2 amide bonds. The molecular weight excluding hydrogens is 392 g/mol. The van der Waals surface area contributed by atoms with E-state index in [4.69, 9.17) is 11.6 Å². The Morgan fingerprint density at radius 2 is 1.89 bits per heavy atom. The lowest BCUT2D eigenvalue weighted by Gasteiger charge is -2.20. The van der Waals surface area contributed by atoms with Crippen LogP contribution < -0.4 is 16.0 Å². The highest BCUT2D eigenvalue weighted by Crippen LogP contribution is 2.24. The number of nitrogens with one attached hydrogen (secondary N) is 3. The van der Waals surface area contributed by atoms with Crippen molar-refractivity contribution in [2.75, 3.05) is 11.9 Å². The van der Waals surface area contributed by atoms with Crippen molar-refractivity contribution in [2.24, 2.45) is 0 Å². The first-order valence-electron chi connectivity index (χ1n) is 8.34. The summed E-state index contributed by atoms with van der Waals surface area (Å²) in [6.07, 6.45) is 0.577. The highest BCUT2D eigenvalue weighted by atomic mass is 35.5. The SMILES string of the molecule is CC(NC(=O)c1ccc(Cl)cc1)C(=O)Nc1ccc2c(c1F)CCNC2.Cl. The number of benzene rings is 2. The fraction of sp³-hybridized carbons (Fsp3) is 0.263. The summed E-state index contributed by atoms with van der Waals surface area (Å²) in [6.45, 7) is 2.87. The van der Waals surface area contributed by atoms with Crippen molar-refractivity contribution in [1.82, 2.24) is 10.6 Å². The quantitative estimate of drug-likeness (QED) is 0.722. The number of hydrogen-bond acceptors (Lipinski definition) is 3. The van der Waals surface area contributed by atoms with Crippen LogP contribution in [-0.4, -0.2) is 24.4 Å². The summed E-state index contributed by atoms with van der Waals surface area (Å²) in [5, 5.41) is 8.84. The van der Waals surface area contributed by atoms with Gasteiger partial charge in [-0.05, 0) is 61.3 Å². The molecule has 0 saturated heterocycles. The fourth-order valence-electron chi connectivity index (χ4n) is 2.82. The van der Waals surface area contributed by atoms with Crippen LogP contribution in [0, 0.1) is 5.82 Å². The number of halogens is 3. The Morgan fingerprint density at radius 1 is 1.19 bits per heavy atom. The average Bonchev–Trinajstić information content (AvgIpc) is 2.64. The van der Waals surface area contributed by atoms with Crippen LogP contribution in [0.3, 0.4) is 0 Å². The van der Waals surface area contributed by atoms with Gasteiger partial charge in [0.05, 0.1) is 5.69 Å². The molecular formula is C19H20Cl2FN3O2. The van der Waals surface area contributed by atoms with Crippen molar-refractivity contribution < 1.29 is 14.0 Å². The Kier molecular flexibility index (Phi) is 7.18. The van der Waals surface area contributed by atoms with E-state index in [2.05, 4.69) is 16.0 Å². The summed E-state index contributed by atoms with van der Waals surface area (Å²) >= 11 is 5.79. The Morgan fingerprint density at radius 3 is 2.59 bits per heavy atom. The number of rotatable bonds is 4. The van der Waals surface area contributed by atoms with E-state index in [9.17, 15) is 14.0 Å². The molecule has 0 saturated carbocycles. The molecule has 1 heterocycles. The zero-order valence-corrected chi connectivity index (χ0v) is 16.2. The van der Waals surface area contributed by atoms with Crippen molar-refractivity contribution in [1.29, 1.82) is 0 Å². The Labute approximate surface area is 168 Å². The standard InChI is InChI=1S/C19H19ClFN3O2.ClH/c1-11(23-19(26)12-2-5-14(20)6-3-12)18(25)24-16-7-4-13-10-22-9-8-15(13)17(16)21;/h2-7,11,22H,8-10H2,1H3,(H,23,26)(H,24,25);1H. The number of fused-ring (bicyclic) bond motifs is 1. The van der Waals surface area contributed by atoms with Crippen molar-refractivity contribution in [3.63, 3.8) is 0 Å². The third-order valence-electron chi connectivity index (χ3n) is 4.31. The van der Waals surface area contributed by atoms with Crippen molar-refractivity contribution >= 4 is 41.5 Å². The van der Waals surface area contributed by atoms with E-state index in [1.54, 1.807) is 43.3 Å². The van der Waals surface area contributed by atoms with E-state index < -0.39 is 23.7 Å². The van der Waals surface area contributed by atoms with Gasteiger partial charge in [-0.1, -0.05) is 17.7 Å². The van der Waals surface area contributed by atoms with E-state index in [1.165, 1.54) is 0 Å². The molecule has 1 atom stereocenters. The van der Waals surface area contributed by atoms with Gasteiger partial charge in [-0.25, -0.2) is 4.39 Å². The summed E-state index contributed by atoms with van der Waals surface area (Å²) in [7, 11) is 0. The van der Waals surface area contributed by atoms with Crippen LogP contribution in [0.15, 0.2) is 36.4 Å². The fourth-order valence-corrected chi connectivity index (χ4v) is 2.94. The molecule has 5 nitrogen and oxygen atoms in total. The van der Waals surface area contributed by atoms with E-state index in [0.717, 1.165) is 5.56 Å². The predicted molar refractivity (Wildman–Crippen MR) is 106 cm³/mol. The zero-order valence-electron chi connectivity index (χ0n) is 14.6. The Balaban J connectivity index is 0.00000261. The van der Waals surface area contributed by atoms with Crippen LogP contribution in [0.4, 0.5) is 10.1 Å². The van der Waals surface area contributed by atoms with Gasteiger partial charge in [0.2, 0.25) is 5.91 Å². The third-order valence-corrected chi connectivity index (χ3v) is 4.56. The molecule has 0 aliphatic carbocycles. The molecule has 2 aromatic rings. The molecule has 0 spiro atoms. The van der Waals surface area contributed by atoms with Crippen LogP contribution in [0.2, 0.25) is 5.02 Å². The maximum atomic E-state index is 14.6. The molecule has 27 heavy (non-hydrogen) atoms. The molecule has 1 aliphatic heterocycles. The van der Waals surface area contributed by atoms with Crippen LogP contribution in [0.1, 0.15) is 28.4 Å². The molecule has 0 bridgehead atoms. The lowest BCUT2D eigenvalue weighted by Crippen LogP contribution is -2.41. The van der Waals surface area contributed by atoms with Crippen molar-refractivity contribution in [3.05, 3.63) is 63.9 Å². The van der Waals surface area contributed by atoms with Gasteiger partial charge >= 0.3 is 0 Å². The second kappa shape index (κ2) is 9.17. The first kappa shape index (κ1) is 21.2. The normalized spacial score (nSPS) is 13.7. The first-order valence-corrected chi connectivity index (χ1v) is 8.72. The number of hydrogen-bond donors (Lipinski definition) is 3. The highest BCUT2D eigenvalue weighted by molar-refractivity contribution is 6.30. The molecule has 2 aromatic carbocycles. The molecule has 0 radical (unpaired) electrons. The Bertz CT molecular complexity index is 844. The predicted octanol–water partition coefficient (Wildman–Crippen LogP) is 3.30. The summed E-state index contributed by atoms with van der Waals surface area (Å²) in [6, 6.07) is 8.86. The Hall–Kier alpha value is -2.15. The average molecular weight is 412 g/mol. The minimum atomic E-state index is -0.824. The molecule has 1 aliphatic rings. The number of carbonyl (C=O) groups excluding carboxylic acids is 2. The van der Waals surface area contributed by atoms with E-state index >= 15 is 0 Å². The maximum absolute atomic E-state index is 14.6. The minimum Gasteiger partial charge on any atom is -0.341 e. The summed E-state index contributed by atoms with van der Waals surface area (Å²) in [5.41, 5.74) is 2.04. The summed E-state index contributed by atoms with van der Waals surface area (Å²) in [5.74, 6) is -1.30. The van der Waals surface area contributed by atoms with Crippen LogP contribution in [-0.2, 0) is 17.8 Å². The number of carbonyl (C=O) groups is 2. The van der Waals surface area contributed by atoms with Gasteiger partial charge in [0.15, 0.2) is 0 Å². The molecule has 8 heteroatoms. The number of amides is 2. The van der Waals surface area contributed by atoms with Crippen LogP contribution in [0.5, 0.6) is 0 Å². The zero-order chi connectivity index (χ0) is 18.7. The van der Waals surface area contributed by atoms with Crippen LogP contribution >= 0.6 is 24.0 Å². The van der Waals surface area contributed by atoms with Gasteiger partial charge in [0.25, 0.3) is 5.91 Å². The number of anilines is 1. The molecule has 144 valence electrons. The highest BCUT2D eigenvalue weighted by Gasteiger charge is 2.21. The first-order chi connectivity index (χ1) is 12.5. The topological polar surface area (TPSA) is 70.2 Å². The maximum Gasteiger partial charge on any atom is 0.251 e. The minimum absolute atomic E-state index is 0. The second-order valence-electron chi connectivity index (χ2n) is 6.18. The van der Waals surface area contributed by atoms with Gasteiger partial charge in [0.1, 0.15) is 11.9 Å². The smallest absolute Gasteiger partial charge is 0.251 e. The van der Waals surface area contributed by atoms with Gasteiger partial charge in [-0.15, -0.1) is 12.4 Å². The molecule has 3 rings (SSSR count). The van der Waals surface area contributed by atoms with E-state index in [0.29, 0.717) is 35.7 Å². The molecule has 0 aromatic heterocycles. The van der Waals surface area contributed by atoms with Gasteiger partial charge < -0.3 is 16.0 Å². The largest absolute Gasteiger partial charge is 0.341 e. The van der Waals surface area contributed by atoms with E-state index in [-0.39, 0.29) is 18.1 Å². The van der Waals surface area contributed by atoms with Gasteiger partial charge in [0, 0.05) is 17.1 Å². The van der Waals surface area contributed by atoms with Crippen LogP contribution in [0.25, 0.3) is 0 Å². The van der Waals surface area contributed by atoms with Gasteiger partial charge in [-0.3, -0.25) is 9.59 Å². The summed E-state index contributed by atoms with van der Waals surface area (Å²) < 4.78 is 14.6. The molecule has 1 unspecified atom stereocenters. The molecule has 0 fully saturated rings. The lowest BCUT2D eigenvalue weighted by molar-refractivity contribution is -0.117. The third kappa shape index (κ3) is 4.97. The lowest BCUT2D eigenvalue weighted by atomic mass is 9.99. The van der Waals surface area contributed by atoms with Crippen molar-refractivity contribution in [3.8, 4) is 0 Å². The van der Waals surface area contributed by atoms with Gasteiger partial charge in [-0.2, -0.15) is 0 Å². The van der Waals surface area contributed by atoms with Crippen molar-refractivity contribution in [2.45, 2.75) is 25.9 Å².